The maximum Gasteiger partial charge on any atom is 0.326 e. The predicted molar refractivity (Wildman–Crippen MR) is 120 cm³/mol. The van der Waals surface area contributed by atoms with Crippen molar-refractivity contribution < 1.29 is 24.6 Å². The van der Waals surface area contributed by atoms with Gasteiger partial charge >= 0.3 is 5.97 Å². The van der Waals surface area contributed by atoms with Crippen molar-refractivity contribution in [2.45, 2.75) is 57.0 Å². The van der Waals surface area contributed by atoms with E-state index in [0.29, 0.717) is 23.5 Å². The van der Waals surface area contributed by atoms with Crippen molar-refractivity contribution in [3.8, 4) is 5.75 Å². The van der Waals surface area contributed by atoms with E-state index in [-0.39, 0.29) is 18.1 Å². The smallest absolute Gasteiger partial charge is 0.326 e. The molecule has 7 nitrogen and oxygen atoms in total. The van der Waals surface area contributed by atoms with Gasteiger partial charge in [0.2, 0.25) is 5.91 Å². The van der Waals surface area contributed by atoms with Gasteiger partial charge in [0.05, 0.1) is 0 Å². The van der Waals surface area contributed by atoms with Crippen molar-refractivity contribution >= 4 is 17.8 Å². The maximum absolute atomic E-state index is 13.1. The predicted octanol–water partition coefficient (Wildman–Crippen LogP) is 3.27. The van der Waals surface area contributed by atoms with Crippen molar-refractivity contribution in [2.24, 2.45) is 5.92 Å². The number of aromatic hydroxyl groups is 1. The Bertz CT molecular complexity index is 908. The van der Waals surface area contributed by atoms with Crippen molar-refractivity contribution in [3.63, 3.8) is 0 Å². The van der Waals surface area contributed by atoms with Crippen LogP contribution in [0, 0.1) is 5.92 Å². The third kappa shape index (κ3) is 6.83. The average Bonchev–Trinajstić information content (AvgIpc) is 2.80. The summed E-state index contributed by atoms with van der Waals surface area (Å²) in [6, 6.07) is 12.9. The van der Waals surface area contributed by atoms with Crippen LogP contribution < -0.4 is 10.6 Å². The lowest BCUT2D eigenvalue weighted by atomic mass is 9.84. The first-order chi connectivity index (χ1) is 15.4. The Morgan fingerprint density at radius 1 is 0.875 bits per heavy atom. The number of carbonyl (C=O) groups excluding carboxylic acids is 2. The van der Waals surface area contributed by atoms with Gasteiger partial charge < -0.3 is 20.8 Å². The number of rotatable bonds is 9. The summed E-state index contributed by atoms with van der Waals surface area (Å²) in [7, 11) is 0. The van der Waals surface area contributed by atoms with Crippen molar-refractivity contribution in [3.05, 3.63) is 65.7 Å². The molecule has 0 bridgehead atoms. The summed E-state index contributed by atoms with van der Waals surface area (Å²) in [6.07, 6.45) is 5.94. The number of hydrogen-bond donors (Lipinski definition) is 4. The molecule has 170 valence electrons. The summed E-state index contributed by atoms with van der Waals surface area (Å²) >= 11 is 0. The molecule has 1 aliphatic rings. The normalized spacial score (nSPS) is 16.0. The van der Waals surface area contributed by atoms with Gasteiger partial charge in [-0.05, 0) is 42.2 Å². The zero-order chi connectivity index (χ0) is 22.9. The highest BCUT2D eigenvalue weighted by molar-refractivity contribution is 5.98. The molecule has 3 rings (SSSR count). The molecular weight excluding hydrogens is 408 g/mol. The van der Waals surface area contributed by atoms with E-state index in [4.69, 9.17) is 0 Å². The van der Waals surface area contributed by atoms with Gasteiger partial charge in [0, 0.05) is 12.0 Å². The monoisotopic (exact) mass is 438 g/mol. The fourth-order valence-corrected chi connectivity index (χ4v) is 4.16. The van der Waals surface area contributed by atoms with E-state index in [9.17, 15) is 24.6 Å². The molecule has 0 spiro atoms. The number of phenolic OH excluding ortho intramolecular Hbond substituents is 1. The van der Waals surface area contributed by atoms with Crippen LogP contribution in [0.25, 0.3) is 0 Å². The third-order valence-electron chi connectivity index (χ3n) is 5.94. The van der Waals surface area contributed by atoms with E-state index in [2.05, 4.69) is 10.6 Å². The van der Waals surface area contributed by atoms with Gasteiger partial charge in [-0.25, -0.2) is 4.79 Å². The molecule has 2 aromatic rings. The molecule has 32 heavy (non-hydrogen) atoms. The lowest BCUT2D eigenvalue weighted by Gasteiger charge is -2.27. The number of nitrogens with one attached hydrogen (secondary N) is 2. The molecule has 0 radical (unpaired) electrons. The summed E-state index contributed by atoms with van der Waals surface area (Å²) in [5.74, 6) is -1.60. The average molecular weight is 439 g/mol. The number of carboxylic acid groups (broad SMARTS) is 1. The molecule has 4 N–H and O–H groups in total. The summed E-state index contributed by atoms with van der Waals surface area (Å²) in [4.78, 5) is 37.6. The zero-order valence-electron chi connectivity index (χ0n) is 18.0. The number of carbonyl (C=O) groups is 3. The van der Waals surface area contributed by atoms with Gasteiger partial charge in [-0.15, -0.1) is 0 Å². The van der Waals surface area contributed by atoms with Crippen LogP contribution in [0.2, 0.25) is 0 Å². The van der Waals surface area contributed by atoms with E-state index >= 15 is 0 Å². The van der Waals surface area contributed by atoms with Crippen LogP contribution in [0.15, 0.2) is 54.6 Å². The quantitative estimate of drug-likeness (QED) is 0.480. The van der Waals surface area contributed by atoms with Crippen LogP contribution in [-0.2, 0) is 16.0 Å². The van der Waals surface area contributed by atoms with Crippen LogP contribution in [0.4, 0.5) is 0 Å². The summed E-state index contributed by atoms with van der Waals surface area (Å²) in [5.41, 5.74) is 1.13. The number of phenols is 1. The first kappa shape index (κ1) is 23.3. The van der Waals surface area contributed by atoms with E-state index in [1.165, 1.54) is 18.6 Å². The lowest BCUT2D eigenvalue weighted by molar-refractivity contribution is -0.142. The number of amides is 2. The molecule has 1 fully saturated rings. The summed E-state index contributed by atoms with van der Waals surface area (Å²) in [5, 5.41) is 24.5. The van der Waals surface area contributed by atoms with Gasteiger partial charge in [-0.3, -0.25) is 9.59 Å². The summed E-state index contributed by atoms with van der Waals surface area (Å²) in [6.45, 7) is 0. The Morgan fingerprint density at radius 3 is 2.16 bits per heavy atom. The fourth-order valence-electron chi connectivity index (χ4n) is 4.16. The second-order valence-corrected chi connectivity index (χ2v) is 8.40. The van der Waals surface area contributed by atoms with Gasteiger partial charge in [-0.2, -0.15) is 0 Å². The molecule has 1 saturated carbocycles. The molecule has 0 heterocycles. The molecule has 1 aliphatic carbocycles. The van der Waals surface area contributed by atoms with Gasteiger partial charge in [0.1, 0.15) is 17.8 Å². The van der Waals surface area contributed by atoms with E-state index in [1.54, 1.807) is 36.4 Å². The van der Waals surface area contributed by atoms with Crippen LogP contribution >= 0.6 is 0 Å². The van der Waals surface area contributed by atoms with Crippen LogP contribution in [0.3, 0.4) is 0 Å². The van der Waals surface area contributed by atoms with Crippen molar-refractivity contribution in [1.82, 2.24) is 10.6 Å². The molecule has 0 saturated heterocycles. The largest absolute Gasteiger partial charge is 0.508 e. The topological polar surface area (TPSA) is 116 Å². The minimum Gasteiger partial charge on any atom is -0.508 e. The molecule has 0 aromatic heterocycles. The van der Waals surface area contributed by atoms with Crippen LogP contribution in [-0.4, -0.2) is 40.1 Å². The molecule has 0 aliphatic heterocycles. The van der Waals surface area contributed by atoms with Gasteiger partial charge in [-0.1, -0.05) is 62.4 Å². The lowest BCUT2D eigenvalue weighted by Crippen LogP contribution is -2.52. The van der Waals surface area contributed by atoms with E-state index in [1.807, 2.05) is 6.07 Å². The minimum atomic E-state index is -1.16. The first-order valence-electron chi connectivity index (χ1n) is 11.1. The van der Waals surface area contributed by atoms with Crippen LogP contribution in [0.5, 0.6) is 5.75 Å². The van der Waals surface area contributed by atoms with E-state index < -0.39 is 24.0 Å². The number of hydrogen-bond acceptors (Lipinski definition) is 4. The Kier molecular flexibility index (Phi) is 8.25. The maximum atomic E-state index is 13.1. The van der Waals surface area contributed by atoms with Gasteiger partial charge in [0.25, 0.3) is 5.91 Å². The highest BCUT2D eigenvalue weighted by atomic mass is 16.4. The number of carboxylic acids is 1. The van der Waals surface area contributed by atoms with E-state index in [0.717, 1.165) is 25.7 Å². The standard InChI is InChI=1S/C25H30N2O5/c28-20-13-11-18(12-14-20)16-22(25(31)32)27-24(30)21(15-17-7-3-1-4-8-17)26-23(29)19-9-5-2-6-10-19/h2,5-6,9-14,17,21-22,28H,1,3-4,7-8,15-16H2,(H,26,29)(H,27,30)(H,31,32)/t21-,22-/m0/s1. The number of benzene rings is 2. The highest BCUT2D eigenvalue weighted by Crippen LogP contribution is 2.27. The zero-order valence-corrected chi connectivity index (χ0v) is 18.0. The fraction of sp³-hybridized carbons (Fsp3) is 0.400. The Hall–Kier alpha value is -3.35. The second kappa shape index (κ2) is 11.3. The minimum absolute atomic E-state index is 0.0735. The molecule has 2 atom stereocenters. The second-order valence-electron chi connectivity index (χ2n) is 8.40. The molecule has 7 heteroatoms. The van der Waals surface area contributed by atoms with Crippen molar-refractivity contribution in [1.29, 1.82) is 0 Å². The Morgan fingerprint density at radius 2 is 1.53 bits per heavy atom. The Labute approximate surface area is 187 Å². The Balaban J connectivity index is 1.71. The van der Waals surface area contributed by atoms with Gasteiger partial charge in [0.15, 0.2) is 0 Å². The SMILES string of the molecule is O=C(N[C@@H](CC1CCCCC1)C(=O)N[C@@H](Cc1ccc(O)cc1)C(=O)O)c1ccccc1. The molecular formula is C25H30N2O5. The summed E-state index contributed by atoms with van der Waals surface area (Å²) < 4.78 is 0. The molecule has 2 amide bonds. The van der Waals surface area contributed by atoms with Crippen LogP contribution in [0.1, 0.15) is 54.4 Å². The van der Waals surface area contributed by atoms with Crippen molar-refractivity contribution in [2.75, 3.05) is 0 Å². The molecule has 0 unspecified atom stereocenters. The first-order valence-corrected chi connectivity index (χ1v) is 11.1. The third-order valence-corrected chi connectivity index (χ3v) is 5.94. The highest BCUT2D eigenvalue weighted by Gasteiger charge is 2.29. The molecule has 2 aromatic carbocycles. The number of aliphatic carboxylic acids is 1.